The van der Waals surface area contributed by atoms with Gasteiger partial charge in [0.15, 0.2) is 0 Å². The molecule has 1 unspecified atom stereocenters. The zero-order valence-corrected chi connectivity index (χ0v) is 13.6. The number of halogens is 1. The summed E-state index contributed by atoms with van der Waals surface area (Å²) in [6, 6.07) is 1.96. The van der Waals surface area contributed by atoms with Gasteiger partial charge in [-0.3, -0.25) is 0 Å². The van der Waals surface area contributed by atoms with Gasteiger partial charge in [0.25, 0.3) is 0 Å². The van der Waals surface area contributed by atoms with Crippen LogP contribution in [0.5, 0.6) is 0 Å². The van der Waals surface area contributed by atoms with Gasteiger partial charge in [0.1, 0.15) is 16.3 Å². The lowest BCUT2D eigenvalue weighted by atomic mass is 10.1. The Balaban J connectivity index is 1.81. The molecule has 1 saturated heterocycles. The molecule has 0 amide bonds. The van der Waals surface area contributed by atoms with Gasteiger partial charge in [-0.15, -0.1) is 11.3 Å². The smallest absolute Gasteiger partial charge is 0.137 e. The summed E-state index contributed by atoms with van der Waals surface area (Å²) in [5.74, 6) is 0. The molecule has 0 aliphatic carbocycles. The lowest BCUT2D eigenvalue weighted by Crippen LogP contribution is -2.28. The lowest BCUT2D eigenvalue weighted by molar-refractivity contribution is 0.0486. The molecule has 3 aromatic rings. The highest BCUT2D eigenvalue weighted by Gasteiger charge is 2.38. The van der Waals surface area contributed by atoms with Gasteiger partial charge >= 0.3 is 0 Å². The number of hydrogen-bond donors (Lipinski definition) is 2. The number of aromatic amines is 1. The second-order valence-electron chi connectivity index (χ2n) is 5.77. The molecule has 1 fully saturated rings. The van der Waals surface area contributed by atoms with E-state index in [2.05, 4.69) is 19.9 Å². The summed E-state index contributed by atoms with van der Waals surface area (Å²) >= 11 is 7.86. The van der Waals surface area contributed by atoms with Crippen molar-refractivity contribution in [2.45, 2.75) is 12.0 Å². The van der Waals surface area contributed by atoms with E-state index in [-0.39, 0.29) is 0 Å². The van der Waals surface area contributed by atoms with E-state index in [1.165, 1.54) is 11.3 Å². The van der Waals surface area contributed by atoms with Crippen LogP contribution >= 0.6 is 22.9 Å². The predicted molar refractivity (Wildman–Crippen MR) is 88.2 cm³/mol. The number of thiazole rings is 1. The number of β-amino-alcohol motifs (C(OH)–C–C–N with tert-alkyl or cyclic N) is 1. The minimum absolute atomic E-state index is 0.595. The summed E-state index contributed by atoms with van der Waals surface area (Å²) in [4.78, 5) is 14.9. The van der Waals surface area contributed by atoms with Crippen molar-refractivity contribution in [2.75, 3.05) is 20.1 Å². The number of nitrogens with one attached hydrogen (secondary N) is 1. The minimum Gasteiger partial charge on any atom is -0.381 e. The van der Waals surface area contributed by atoms with Crippen LogP contribution in [0.25, 0.3) is 21.5 Å². The molecule has 0 radical (unpaired) electrons. The molecule has 0 saturated carbocycles. The third-order valence-electron chi connectivity index (χ3n) is 4.13. The van der Waals surface area contributed by atoms with Crippen LogP contribution in [0.4, 0.5) is 0 Å². The molecule has 2 N–H and O–H groups in total. The molecule has 4 heterocycles. The molecule has 0 spiro atoms. The van der Waals surface area contributed by atoms with Gasteiger partial charge in [0, 0.05) is 42.6 Å². The average Bonchev–Trinajstić information content (AvgIpc) is 3.19. The largest absolute Gasteiger partial charge is 0.381 e. The molecule has 5 nitrogen and oxygen atoms in total. The number of pyridine rings is 1. The monoisotopic (exact) mass is 334 g/mol. The Morgan fingerprint density at radius 2 is 2.27 bits per heavy atom. The quantitative estimate of drug-likeness (QED) is 0.756. The third-order valence-corrected chi connectivity index (χ3v) is 5.62. The Hall–Kier alpha value is -1.47. The second-order valence-corrected chi connectivity index (χ2v) is 7.21. The van der Waals surface area contributed by atoms with Crippen molar-refractivity contribution >= 4 is 34.0 Å². The van der Waals surface area contributed by atoms with E-state index < -0.39 is 5.60 Å². The highest BCUT2D eigenvalue weighted by atomic mass is 35.5. The molecule has 1 atom stereocenters. The summed E-state index contributed by atoms with van der Waals surface area (Å²) in [7, 11) is 2.01. The Morgan fingerprint density at radius 3 is 3.05 bits per heavy atom. The Kier molecular flexibility index (Phi) is 3.23. The molecular formula is C15H15ClN4OS. The number of likely N-dealkylation sites (N-methyl/N-ethyl adjacent to an activating group) is 1. The van der Waals surface area contributed by atoms with Crippen LogP contribution in [-0.4, -0.2) is 45.1 Å². The maximum absolute atomic E-state index is 10.8. The van der Waals surface area contributed by atoms with Crippen LogP contribution < -0.4 is 0 Å². The van der Waals surface area contributed by atoms with E-state index in [9.17, 15) is 5.11 Å². The van der Waals surface area contributed by atoms with Crippen molar-refractivity contribution in [3.05, 3.63) is 34.7 Å². The van der Waals surface area contributed by atoms with Crippen LogP contribution in [0, 0.1) is 0 Å². The Morgan fingerprint density at radius 1 is 1.41 bits per heavy atom. The van der Waals surface area contributed by atoms with E-state index in [0.29, 0.717) is 18.0 Å². The van der Waals surface area contributed by atoms with Crippen LogP contribution in [0.1, 0.15) is 11.4 Å². The number of rotatable bonds is 2. The fourth-order valence-corrected chi connectivity index (χ4v) is 4.40. The van der Waals surface area contributed by atoms with Gasteiger partial charge in [-0.1, -0.05) is 11.6 Å². The second kappa shape index (κ2) is 5.03. The molecule has 0 bridgehead atoms. The molecule has 22 heavy (non-hydrogen) atoms. The van der Waals surface area contributed by atoms with Crippen LogP contribution in [0.3, 0.4) is 0 Å². The number of likely N-dealkylation sites (tertiary alicyclic amines) is 1. The highest BCUT2D eigenvalue weighted by molar-refractivity contribution is 7.15. The summed E-state index contributed by atoms with van der Waals surface area (Å²) in [6.07, 6.45) is 6.00. The standard InChI is InChI=1S/C15H15ClN4OS/c1-20-5-3-15(21,8-20)14-19-7-11(22-14)12-9-2-4-17-13(9)18-6-10(12)16/h2,4,6-7,21H,3,5,8H2,1H3,(H,17,18). The van der Waals surface area contributed by atoms with Crippen LogP contribution in [0.15, 0.2) is 24.7 Å². The zero-order valence-electron chi connectivity index (χ0n) is 12.0. The predicted octanol–water partition coefficient (Wildman–Crippen LogP) is 2.86. The summed E-state index contributed by atoms with van der Waals surface area (Å²) in [5.41, 5.74) is 0.870. The van der Waals surface area contributed by atoms with Gasteiger partial charge in [0.05, 0.1) is 9.90 Å². The van der Waals surface area contributed by atoms with E-state index >= 15 is 0 Å². The number of nitrogens with zero attached hydrogens (tertiary/aromatic N) is 3. The molecule has 4 rings (SSSR count). The van der Waals surface area contributed by atoms with Gasteiger partial charge < -0.3 is 15.0 Å². The van der Waals surface area contributed by atoms with E-state index in [1.807, 2.05) is 19.3 Å². The van der Waals surface area contributed by atoms with Crippen molar-refractivity contribution in [3.8, 4) is 10.4 Å². The average molecular weight is 335 g/mol. The van der Waals surface area contributed by atoms with Crippen molar-refractivity contribution in [3.63, 3.8) is 0 Å². The number of aliphatic hydroxyl groups is 1. The maximum atomic E-state index is 10.8. The molecule has 114 valence electrons. The van der Waals surface area contributed by atoms with Crippen molar-refractivity contribution in [1.29, 1.82) is 0 Å². The summed E-state index contributed by atoms with van der Waals surface area (Å²) in [6.45, 7) is 1.49. The van der Waals surface area contributed by atoms with Gasteiger partial charge in [-0.2, -0.15) is 0 Å². The molecule has 0 aromatic carbocycles. The zero-order chi connectivity index (χ0) is 15.3. The molecule has 7 heteroatoms. The minimum atomic E-state index is -0.853. The van der Waals surface area contributed by atoms with Gasteiger partial charge in [0.2, 0.25) is 0 Å². The third kappa shape index (κ3) is 2.14. The maximum Gasteiger partial charge on any atom is 0.137 e. The van der Waals surface area contributed by atoms with E-state index in [0.717, 1.165) is 33.0 Å². The van der Waals surface area contributed by atoms with Crippen molar-refractivity contribution in [2.24, 2.45) is 0 Å². The van der Waals surface area contributed by atoms with Gasteiger partial charge in [-0.05, 0) is 19.5 Å². The number of H-pyrrole nitrogens is 1. The summed E-state index contributed by atoms with van der Waals surface area (Å²) in [5, 5.41) is 13.1. The van der Waals surface area contributed by atoms with Crippen molar-refractivity contribution in [1.82, 2.24) is 19.9 Å². The topological polar surface area (TPSA) is 65.0 Å². The first-order valence-corrected chi connectivity index (χ1v) is 8.25. The Bertz CT molecular complexity index is 845. The lowest BCUT2D eigenvalue weighted by Gasteiger charge is -2.19. The molecule has 1 aliphatic rings. The van der Waals surface area contributed by atoms with E-state index in [1.54, 1.807) is 12.4 Å². The highest BCUT2D eigenvalue weighted by Crippen LogP contribution is 2.41. The fraction of sp³-hybridized carbons (Fsp3) is 0.333. The first-order chi connectivity index (χ1) is 10.6. The van der Waals surface area contributed by atoms with Crippen LogP contribution in [-0.2, 0) is 5.60 Å². The molecular weight excluding hydrogens is 320 g/mol. The molecule has 1 aliphatic heterocycles. The number of fused-ring (bicyclic) bond motifs is 1. The van der Waals surface area contributed by atoms with Gasteiger partial charge in [-0.25, -0.2) is 9.97 Å². The van der Waals surface area contributed by atoms with Crippen molar-refractivity contribution < 1.29 is 5.11 Å². The number of aromatic nitrogens is 3. The SMILES string of the molecule is CN1CCC(O)(c2ncc(-c3c(Cl)cnc4[nH]ccc34)s2)C1. The fourth-order valence-electron chi connectivity index (χ4n) is 2.99. The molecule has 3 aromatic heterocycles. The Labute approximate surface area is 136 Å². The summed E-state index contributed by atoms with van der Waals surface area (Å²) < 4.78 is 0. The van der Waals surface area contributed by atoms with E-state index in [4.69, 9.17) is 11.6 Å². The van der Waals surface area contributed by atoms with Crippen LogP contribution in [0.2, 0.25) is 5.02 Å². The first-order valence-electron chi connectivity index (χ1n) is 7.06. The first kappa shape index (κ1) is 14.1. The number of hydrogen-bond acceptors (Lipinski definition) is 5. The normalized spacial score (nSPS) is 22.7.